The van der Waals surface area contributed by atoms with Crippen molar-refractivity contribution in [1.82, 2.24) is 10.4 Å². The number of rotatable bonds is 3. The minimum Gasteiger partial charge on any atom is -1.00 e. The number of hydrogen-bond donors (Lipinski definition) is 2. The smallest absolute Gasteiger partial charge is 0.297 e. The molecule has 5 nitrogen and oxygen atoms in total. The van der Waals surface area contributed by atoms with Gasteiger partial charge in [-0.25, -0.2) is 10.4 Å². The van der Waals surface area contributed by atoms with Crippen molar-refractivity contribution in [1.29, 1.82) is 0 Å². The number of pyridine rings is 1. The number of benzene rings is 1. The lowest BCUT2D eigenvalue weighted by Crippen LogP contribution is -3.00. The van der Waals surface area contributed by atoms with E-state index in [2.05, 4.69) is 21.2 Å². The maximum Gasteiger partial charge on any atom is 0.297 e. The number of carbonyl (C=O) groups is 1. The van der Waals surface area contributed by atoms with Crippen molar-refractivity contribution in [3.8, 4) is 0 Å². The van der Waals surface area contributed by atoms with Crippen molar-refractivity contribution in [2.75, 3.05) is 0 Å². The minimum absolute atomic E-state index is 0. The summed E-state index contributed by atoms with van der Waals surface area (Å²) in [6.45, 7) is 3.69. The van der Waals surface area contributed by atoms with Gasteiger partial charge in [-0.15, -0.1) is 0 Å². The maximum atomic E-state index is 11.3. The van der Waals surface area contributed by atoms with Gasteiger partial charge in [0.05, 0.1) is 11.7 Å². The molecule has 0 bridgehead atoms. The number of carbonyl (C=O) groups excluding carboxylic acids is 1. The van der Waals surface area contributed by atoms with Gasteiger partial charge < -0.3 is 18.1 Å². The number of halogens is 2. The van der Waals surface area contributed by atoms with E-state index in [1.54, 1.807) is 6.92 Å². The Balaban J connectivity index is 0.00000220. The first-order valence-electron chi connectivity index (χ1n) is 6.20. The standard InChI is InChI=1S/C14H15ClN4O.ClH/c1-8-3-4-10-6-11(13(15)18-12(10)5-8)7-17-19-14(20)9(2)16;/h3-7,9H,16H2,1-2H3,(H,19,20);1H/t9-;/m1./s1. The van der Waals surface area contributed by atoms with Crippen LogP contribution in [0.1, 0.15) is 18.1 Å². The quantitative estimate of drug-likeness (QED) is 0.399. The molecule has 1 heterocycles. The summed E-state index contributed by atoms with van der Waals surface area (Å²) >= 11 is 6.11. The number of nitrogens with one attached hydrogen (secondary N) is 1. The zero-order valence-corrected chi connectivity index (χ0v) is 13.2. The predicted molar refractivity (Wildman–Crippen MR) is 79.6 cm³/mol. The first kappa shape index (κ1) is 17.4. The normalized spacial score (nSPS) is 12.2. The number of hydrogen-bond acceptors (Lipinski definition) is 3. The summed E-state index contributed by atoms with van der Waals surface area (Å²) in [4.78, 5) is 15.7. The molecule has 1 aromatic heterocycles. The molecule has 2 aromatic rings. The predicted octanol–water partition coefficient (Wildman–Crippen LogP) is -1.72. The van der Waals surface area contributed by atoms with Gasteiger partial charge in [-0.2, -0.15) is 5.10 Å². The Morgan fingerprint density at radius 2 is 2.19 bits per heavy atom. The lowest BCUT2D eigenvalue weighted by atomic mass is 10.1. The molecule has 4 N–H and O–H groups in total. The molecular formula is C14H16Cl2N4O. The Hall–Kier alpha value is -1.69. The Labute approximate surface area is 134 Å². The summed E-state index contributed by atoms with van der Waals surface area (Å²) in [5.41, 5.74) is 8.62. The van der Waals surface area contributed by atoms with E-state index in [9.17, 15) is 4.79 Å². The van der Waals surface area contributed by atoms with Gasteiger partial charge in [-0.05, 0) is 31.5 Å². The zero-order chi connectivity index (χ0) is 14.7. The van der Waals surface area contributed by atoms with Gasteiger partial charge in [0.25, 0.3) is 5.91 Å². The van der Waals surface area contributed by atoms with Crippen LogP contribution >= 0.6 is 11.6 Å². The van der Waals surface area contributed by atoms with Crippen LogP contribution in [-0.4, -0.2) is 23.1 Å². The molecule has 0 aliphatic rings. The number of hydrazone groups is 1. The zero-order valence-electron chi connectivity index (χ0n) is 11.7. The van der Waals surface area contributed by atoms with Crippen molar-refractivity contribution >= 4 is 34.6 Å². The molecule has 0 radical (unpaired) electrons. The SMILES string of the molecule is Cc1ccc2cc(C=NNC(=O)[C@@H](C)[NH3+])c(Cl)nc2c1.[Cl-]. The fraction of sp³-hybridized carbons (Fsp3) is 0.214. The summed E-state index contributed by atoms with van der Waals surface area (Å²) in [7, 11) is 0. The second-order valence-electron chi connectivity index (χ2n) is 4.70. The summed E-state index contributed by atoms with van der Waals surface area (Å²) in [5, 5.41) is 5.18. The van der Waals surface area contributed by atoms with Gasteiger partial charge in [-0.1, -0.05) is 23.7 Å². The van der Waals surface area contributed by atoms with Gasteiger partial charge in [0.2, 0.25) is 0 Å². The Morgan fingerprint density at radius 3 is 2.86 bits per heavy atom. The summed E-state index contributed by atoms with van der Waals surface area (Å²) in [6.07, 6.45) is 1.48. The average molecular weight is 327 g/mol. The molecule has 0 spiro atoms. The molecule has 112 valence electrons. The van der Waals surface area contributed by atoms with Crippen LogP contribution in [0.2, 0.25) is 5.15 Å². The molecule has 0 saturated carbocycles. The van der Waals surface area contributed by atoms with E-state index in [0.717, 1.165) is 16.5 Å². The number of aromatic nitrogens is 1. The molecule has 0 unspecified atom stereocenters. The van der Waals surface area contributed by atoms with E-state index in [4.69, 9.17) is 11.6 Å². The molecule has 0 saturated heterocycles. The molecular weight excluding hydrogens is 311 g/mol. The summed E-state index contributed by atoms with van der Waals surface area (Å²) in [6, 6.07) is 7.47. The monoisotopic (exact) mass is 326 g/mol. The van der Waals surface area contributed by atoms with Crippen LogP contribution in [0.15, 0.2) is 29.4 Å². The van der Waals surface area contributed by atoms with E-state index in [1.807, 2.05) is 31.2 Å². The van der Waals surface area contributed by atoms with Crippen molar-refractivity contribution in [3.05, 3.63) is 40.5 Å². The Bertz CT molecular complexity index is 686. The average Bonchev–Trinajstić information content (AvgIpc) is 2.39. The second-order valence-corrected chi connectivity index (χ2v) is 5.06. The van der Waals surface area contributed by atoms with E-state index >= 15 is 0 Å². The maximum absolute atomic E-state index is 11.3. The first-order chi connectivity index (χ1) is 9.47. The van der Waals surface area contributed by atoms with Crippen LogP contribution in [0.3, 0.4) is 0 Å². The van der Waals surface area contributed by atoms with Crippen LogP contribution in [-0.2, 0) is 4.79 Å². The minimum atomic E-state index is -0.361. The van der Waals surface area contributed by atoms with Crippen LogP contribution in [0.5, 0.6) is 0 Å². The number of fused-ring (bicyclic) bond motifs is 1. The largest absolute Gasteiger partial charge is 1.00 e. The second kappa shape index (κ2) is 7.36. The van der Waals surface area contributed by atoms with Crippen molar-refractivity contribution < 1.29 is 22.9 Å². The van der Waals surface area contributed by atoms with Crippen LogP contribution in [0, 0.1) is 6.92 Å². The van der Waals surface area contributed by atoms with Crippen LogP contribution in [0.4, 0.5) is 0 Å². The highest BCUT2D eigenvalue weighted by molar-refractivity contribution is 6.32. The third-order valence-corrected chi connectivity index (χ3v) is 3.08. The lowest BCUT2D eigenvalue weighted by Gasteiger charge is -2.03. The highest BCUT2D eigenvalue weighted by atomic mass is 35.5. The summed E-state index contributed by atoms with van der Waals surface area (Å²) in [5.74, 6) is -0.248. The number of aryl methyl sites for hydroxylation is 1. The van der Waals surface area contributed by atoms with E-state index < -0.39 is 0 Å². The first-order valence-corrected chi connectivity index (χ1v) is 6.58. The van der Waals surface area contributed by atoms with Crippen molar-refractivity contribution in [3.63, 3.8) is 0 Å². The third kappa shape index (κ3) is 4.39. The molecule has 21 heavy (non-hydrogen) atoms. The van der Waals surface area contributed by atoms with E-state index in [1.165, 1.54) is 6.21 Å². The third-order valence-electron chi connectivity index (χ3n) is 2.78. The molecule has 1 amide bonds. The van der Waals surface area contributed by atoms with E-state index in [0.29, 0.717) is 10.7 Å². The van der Waals surface area contributed by atoms with Crippen molar-refractivity contribution in [2.24, 2.45) is 5.10 Å². The van der Waals surface area contributed by atoms with E-state index in [-0.39, 0.29) is 24.4 Å². The number of amides is 1. The summed E-state index contributed by atoms with van der Waals surface area (Å²) < 4.78 is 0. The lowest BCUT2D eigenvalue weighted by molar-refractivity contribution is -0.398. The van der Waals surface area contributed by atoms with Crippen molar-refractivity contribution in [2.45, 2.75) is 19.9 Å². The van der Waals surface area contributed by atoms with Gasteiger partial charge >= 0.3 is 0 Å². The topological polar surface area (TPSA) is 82.0 Å². The Kier molecular flexibility index (Phi) is 6.08. The Morgan fingerprint density at radius 1 is 1.48 bits per heavy atom. The molecule has 0 aliphatic carbocycles. The molecule has 7 heteroatoms. The molecule has 0 fully saturated rings. The number of quaternary nitrogens is 1. The van der Waals surface area contributed by atoms with Crippen LogP contribution in [0.25, 0.3) is 10.9 Å². The van der Waals surface area contributed by atoms with Gasteiger partial charge in [0, 0.05) is 10.9 Å². The molecule has 2 rings (SSSR count). The fourth-order valence-corrected chi connectivity index (χ4v) is 1.83. The molecule has 1 aromatic carbocycles. The highest BCUT2D eigenvalue weighted by Gasteiger charge is 2.08. The highest BCUT2D eigenvalue weighted by Crippen LogP contribution is 2.20. The van der Waals surface area contributed by atoms with Crippen LogP contribution < -0.4 is 23.6 Å². The van der Waals surface area contributed by atoms with Gasteiger partial charge in [0.15, 0.2) is 6.04 Å². The fourth-order valence-electron chi connectivity index (χ4n) is 1.64. The number of nitrogens with zero attached hydrogens (tertiary/aromatic N) is 2. The molecule has 0 aliphatic heterocycles. The molecule has 1 atom stereocenters. The van der Waals surface area contributed by atoms with Gasteiger partial charge in [0.1, 0.15) is 5.15 Å². The van der Waals surface area contributed by atoms with Gasteiger partial charge in [-0.3, -0.25) is 4.79 Å².